The van der Waals surface area contributed by atoms with Crippen LogP contribution in [0.3, 0.4) is 0 Å². The fourth-order valence-corrected chi connectivity index (χ4v) is 4.96. The minimum Gasteiger partial charge on any atom is -0.379 e. The molecule has 0 bridgehead atoms. The van der Waals surface area contributed by atoms with Gasteiger partial charge in [0.25, 0.3) is 0 Å². The molecule has 1 aliphatic heterocycles. The third-order valence-electron chi connectivity index (χ3n) is 6.47. The lowest BCUT2D eigenvalue weighted by Gasteiger charge is -2.31. The predicted octanol–water partition coefficient (Wildman–Crippen LogP) is 3.45. The van der Waals surface area contributed by atoms with Crippen molar-refractivity contribution in [3.63, 3.8) is 0 Å². The van der Waals surface area contributed by atoms with E-state index in [1.165, 1.54) is 0 Å². The van der Waals surface area contributed by atoms with Crippen LogP contribution < -0.4 is 10.6 Å². The van der Waals surface area contributed by atoms with Gasteiger partial charge in [0, 0.05) is 48.5 Å². The number of carbonyl (C=O) groups excluding carboxylic acids is 1. The number of carbonyl (C=O) groups is 1. The number of fused-ring (bicyclic) bond motifs is 1. The van der Waals surface area contributed by atoms with Gasteiger partial charge < -0.3 is 20.4 Å². The van der Waals surface area contributed by atoms with Gasteiger partial charge in [-0.3, -0.25) is 9.69 Å². The molecule has 4 heterocycles. The molecule has 174 valence electrons. The third-order valence-corrected chi connectivity index (χ3v) is 6.67. The van der Waals surface area contributed by atoms with E-state index in [1.807, 2.05) is 30.5 Å². The number of aromatic nitrogens is 3. The van der Waals surface area contributed by atoms with Gasteiger partial charge in [-0.25, -0.2) is 9.97 Å². The van der Waals surface area contributed by atoms with Crippen molar-refractivity contribution in [1.82, 2.24) is 25.2 Å². The molecule has 0 atom stereocenters. The predicted molar refractivity (Wildman–Crippen MR) is 129 cm³/mol. The van der Waals surface area contributed by atoms with Crippen LogP contribution in [-0.4, -0.2) is 70.7 Å². The summed E-state index contributed by atoms with van der Waals surface area (Å²) in [6.07, 6.45) is 7.59. The highest BCUT2D eigenvalue weighted by Gasteiger charge is 2.24. The maximum atomic E-state index is 12.4. The quantitative estimate of drug-likeness (QED) is 0.479. The topological polar surface area (TPSA) is 95.2 Å². The van der Waals surface area contributed by atoms with E-state index in [9.17, 15) is 4.79 Å². The molecular weight excluding hydrogens is 440 g/mol. The fraction of sp³-hybridized carbons (Fsp3) is 0.458. The number of nitrogens with zero attached hydrogens (tertiary/aromatic N) is 3. The number of H-pyrrole nitrogens is 1. The highest BCUT2D eigenvalue weighted by atomic mass is 35.5. The molecule has 1 amide bonds. The molecular formula is C24H29ClN6O2. The molecule has 33 heavy (non-hydrogen) atoms. The van der Waals surface area contributed by atoms with E-state index >= 15 is 0 Å². The van der Waals surface area contributed by atoms with Crippen LogP contribution >= 0.6 is 11.6 Å². The van der Waals surface area contributed by atoms with Gasteiger partial charge in [0.15, 0.2) is 0 Å². The minimum atomic E-state index is 0.114. The smallest absolute Gasteiger partial charge is 0.234 e. The Bertz CT molecular complexity index is 1110. The summed E-state index contributed by atoms with van der Waals surface area (Å²) in [5.41, 5.74) is 2.90. The second kappa shape index (κ2) is 10.1. The van der Waals surface area contributed by atoms with Crippen molar-refractivity contribution in [3.05, 3.63) is 41.8 Å². The van der Waals surface area contributed by atoms with Crippen LogP contribution in [0.15, 0.2) is 36.7 Å². The van der Waals surface area contributed by atoms with Gasteiger partial charge in [0.05, 0.1) is 19.8 Å². The number of morpholine rings is 1. The first-order valence-corrected chi connectivity index (χ1v) is 12.0. The lowest BCUT2D eigenvalue weighted by atomic mass is 9.91. The van der Waals surface area contributed by atoms with Crippen LogP contribution in [0.5, 0.6) is 0 Å². The number of ether oxygens (including phenoxy) is 1. The molecule has 1 saturated carbocycles. The molecule has 0 spiro atoms. The standard InChI is InChI=1S/C24H29ClN6O2/c25-21-12-16(20-14-27-24-19(20)2-1-7-26-24)13-22(30-21)28-17-3-5-18(6-4-17)29-23(32)15-31-8-10-33-11-9-31/h1-2,7,12-14,17-18H,3-6,8-11,15H2,(H,26,27)(H,28,30)(H,29,32)/t17-,18-. The lowest BCUT2D eigenvalue weighted by molar-refractivity contribution is -0.124. The molecule has 9 heteroatoms. The number of hydrogen-bond acceptors (Lipinski definition) is 6. The number of hydrogen-bond donors (Lipinski definition) is 3. The minimum absolute atomic E-state index is 0.114. The van der Waals surface area contributed by atoms with Gasteiger partial charge in [0.1, 0.15) is 16.6 Å². The summed E-state index contributed by atoms with van der Waals surface area (Å²) in [5, 5.41) is 8.27. The van der Waals surface area contributed by atoms with Crippen molar-refractivity contribution in [2.45, 2.75) is 37.8 Å². The third kappa shape index (κ3) is 5.46. The number of rotatable bonds is 6. The number of pyridine rings is 2. The van der Waals surface area contributed by atoms with Crippen LogP contribution in [0.4, 0.5) is 5.82 Å². The average molecular weight is 469 g/mol. The molecule has 0 unspecified atom stereocenters. The number of aromatic amines is 1. The van der Waals surface area contributed by atoms with Crippen molar-refractivity contribution in [2.75, 3.05) is 38.2 Å². The van der Waals surface area contributed by atoms with Gasteiger partial charge in [-0.2, -0.15) is 0 Å². The first-order chi connectivity index (χ1) is 16.1. The van der Waals surface area contributed by atoms with Crippen molar-refractivity contribution < 1.29 is 9.53 Å². The summed E-state index contributed by atoms with van der Waals surface area (Å²) in [6, 6.07) is 8.43. The zero-order valence-corrected chi connectivity index (χ0v) is 19.3. The monoisotopic (exact) mass is 468 g/mol. The number of amides is 1. The molecule has 3 aromatic heterocycles. The second-order valence-corrected chi connectivity index (χ2v) is 9.20. The molecule has 2 aliphatic rings. The molecule has 3 aromatic rings. The van der Waals surface area contributed by atoms with E-state index in [-0.39, 0.29) is 11.9 Å². The van der Waals surface area contributed by atoms with Crippen LogP contribution in [-0.2, 0) is 9.53 Å². The first-order valence-electron chi connectivity index (χ1n) is 11.6. The molecule has 3 N–H and O–H groups in total. The molecule has 1 aliphatic carbocycles. The first kappa shape index (κ1) is 22.1. The Kier molecular flexibility index (Phi) is 6.75. The van der Waals surface area contributed by atoms with Crippen LogP contribution in [0, 0.1) is 0 Å². The van der Waals surface area contributed by atoms with Crippen LogP contribution in [0.2, 0.25) is 5.15 Å². The molecule has 0 aromatic carbocycles. The Labute approximate surface area is 198 Å². The van der Waals surface area contributed by atoms with Crippen molar-refractivity contribution in [3.8, 4) is 11.1 Å². The summed E-state index contributed by atoms with van der Waals surface area (Å²) >= 11 is 6.36. The Morgan fingerprint density at radius 1 is 1.18 bits per heavy atom. The SMILES string of the molecule is O=C(CN1CCOCC1)N[C@H]1CC[C@H](Nc2cc(-c3c[nH]c4ncccc34)cc(Cl)n2)CC1. The van der Waals surface area contributed by atoms with Gasteiger partial charge >= 0.3 is 0 Å². The Morgan fingerprint density at radius 3 is 2.79 bits per heavy atom. The van der Waals surface area contributed by atoms with Gasteiger partial charge in [-0.15, -0.1) is 0 Å². The highest BCUT2D eigenvalue weighted by Crippen LogP contribution is 2.31. The maximum Gasteiger partial charge on any atom is 0.234 e. The summed E-state index contributed by atoms with van der Waals surface area (Å²) in [6.45, 7) is 3.53. The Balaban J connectivity index is 1.17. The normalized spacial score (nSPS) is 21.7. The molecule has 5 rings (SSSR count). The summed E-state index contributed by atoms with van der Waals surface area (Å²) in [4.78, 5) is 26.6. The maximum absolute atomic E-state index is 12.4. The van der Waals surface area contributed by atoms with Crippen molar-refractivity contribution in [1.29, 1.82) is 0 Å². The average Bonchev–Trinajstić information content (AvgIpc) is 3.25. The van der Waals surface area contributed by atoms with E-state index in [4.69, 9.17) is 16.3 Å². The molecule has 1 saturated heterocycles. The Morgan fingerprint density at radius 2 is 1.97 bits per heavy atom. The van der Waals surface area contributed by atoms with Crippen molar-refractivity contribution in [2.24, 2.45) is 0 Å². The second-order valence-electron chi connectivity index (χ2n) is 8.81. The van der Waals surface area contributed by atoms with E-state index < -0.39 is 0 Å². The van der Waals surface area contributed by atoms with Crippen LogP contribution in [0.25, 0.3) is 22.2 Å². The van der Waals surface area contributed by atoms with E-state index in [0.29, 0.717) is 31.0 Å². The summed E-state index contributed by atoms with van der Waals surface area (Å²) in [7, 11) is 0. The highest BCUT2D eigenvalue weighted by molar-refractivity contribution is 6.29. The number of halogens is 1. The van der Waals surface area contributed by atoms with Crippen molar-refractivity contribution >= 4 is 34.4 Å². The number of anilines is 1. The van der Waals surface area contributed by atoms with E-state index in [1.54, 1.807) is 6.20 Å². The van der Waals surface area contributed by atoms with Crippen LogP contribution in [0.1, 0.15) is 25.7 Å². The zero-order chi connectivity index (χ0) is 22.6. The number of nitrogens with one attached hydrogen (secondary N) is 3. The fourth-order valence-electron chi connectivity index (χ4n) is 4.75. The van der Waals surface area contributed by atoms with Gasteiger partial charge in [-0.1, -0.05) is 11.6 Å². The Hall–Kier alpha value is -2.68. The van der Waals surface area contributed by atoms with E-state index in [0.717, 1.165) is 66.8 Å². The van der Waals surface area contributed by atoms with Gasteiger partial charge in [-0.05, 0) is 55.5 Å². The van der Waals surface area contributed by atoms with E-state index in [2.05, 4.69) is 30.5 Å². The summed E-state index contributed by atoms with van der Waals surface area (Å²) in [5.74, 6) is 0.887. The molecule has 0 radical (unpaired) electrons. The molecule has 2 fully saturated rings. The lowest BCUT2D eigenvalue weighted by Crippen LogP contribution is -2.47. The largest absolute Gasteiger partial charge is 0.379 e. The molecule has 8 nitrogen and oxygen atoms in total. The zero-order valence-electron chi connectivity index (χ0n) is 18.5. The van der Waals surface area contributed by atoms with Gasteiger partial charge in [0.2, 0.25) is 5.91 Å². The summed E-state index contributed by atoms with van der Waals surface area (Å²) < 4.78 is 5.35.